The van der Waals surface area contributed by atoms with Gasteiger partial charge in [0.2, 0.25) is 0 Å². The van der Waals surface area contributed by atoms with E-state index in [4.69, 9.17) is 4.74 Å². The van der Waals surface area contributed by atoms with Gasteiger partial charge in [-0.15, -0.1) is 0 Å². The topological polar surface area (TPSA) is 9.23 Å². The smallest absolute Gasteiger partial charge is 0.119 e. The van der Waals surface area contributed by atoms with Crippen molar-refractivity contribution in [3.8, 4) is 5.75 Å². The molecule has 27 heavy (non-hydrogen) atoms. The van der Waals surface area contributed by atoms with Crippen LogP contribution in [0.4, 0.5) is 0 Å². The minimum Gasteiger partial charge on any atom is -0.494 e. The lowest BCUT2D eigenvalue weighted by Gasteiger charge is -2.28. The Kier molecular flexibility index (Phi) is 8.05. The van der Waals surface area contributed by atoms with Gasteiger partial charge in [-0.3, -0.25) is 0 Å². The summed E-state index contributed by atoms with van der Waals surface area (Å²) >= 11 is 0. The number of hydrogen-bond acceptors (Lipinski definition) is 1. The van der Waals surface area contributed by atoms with Gasteiger partial charge in [0.05, 0.1) is 6.61 Å². The fourth-order valence-corrected chi connectivity index (χ4v) is 4.67. The molecule has 0 unspecified atom stereocenters. The number of unbranched alkanes of at least 4 members (excludes halogenated alkanes) is 4. The van der Waals surface area contributed by atoms with E-state index in [1.807, 2.05) is 0 Å². The minimum absolute atomic E-state index is 0.765. The quantitative estimate of drug-likeness (QED) is 0.384. The normalized spacial score (nSPS) is 20.1. The Morgan fingerprint density at radius 2 is 1.52 bits per heavy atom. The molecule has 0 aromatic heterocycles. The third-order valence-corrected chi connectivity index (χ3v) is 6.37. The SMILES string of the molecule is CCCCCCCOc1ccc2cc(C3CCC(CCC)CC3)ccc2c1. The highest BCUT2D eigenvalue weighted by atomic mass is 16.5. The first-order chi connectivity index (χ1) is 13.3. The van der Waals surface area contributed by atoms with Crippen molar-refractivity contribution in [1.82, 2.24) is 0 Å². The van der Waals surface area contributed by atoms with Crippen molar-refractivity contribution in [3.05, 3.63) is 42.0 Å². The molecular formula is C26H38O. The van der Waals surface area contributed by atoms with Crippen molar-refractivity contribution >= 4 is 10.8 Å². The Morgan fingerprint density at radius 3 is 2.30 bits per heavy atom. The Morgan fingerprint density at radius 1 is 0.778 bits per heavy atom. The van der Waals surface area contributed by atoms with Crippen LogP contribution >= 0.6 is 0 Å². The van der Waals surface area contributed by atoms with Gasteiger partial charge in [0.15, 0.2) is 0 Å². The number of hydrogen-bond donors (Lipinski definition) is 0. The average molecular weight is 367 g/mol. The lowest BCUT2D eigenvalue weighted by molar-refractivity contribution is 0.305. The molecule has 0 saturated heterocycles. The van der Waals surface area contributed by atoms with Crippen LogP contribution < -0.4 is 4.74 Å². The summed E-state index contributed by atoms with van der Waals surface area (Å²) in [7, 11) is 0. The van der Waals surface area contributed by atoms with Gasteiger partial charge < -0.3 is 4.74 Å². The third-order valence-electron chi connectivity index (χ3n) is 6.37. The Balaban J connectivity index is 1.54. The molecule has 1 fully saturated rings. The maximum absolute atomic E-state index is 5.98. The molecule has 0 heterocycles. The van der Waals surface area contributed by atoms with E-state index >= 15 is 0 Å². The van der Waals surface area contributed by atoms with E-state index in [1.54, 1.807) is 5.56 Å². The van der Waals surface area contributed by atoms with Crippen LogP contribution in [0, 0.1) is 5.92 Å². The molecule has 0 bridgehead atoms. The fraction of sp³-hybridized carbons (Fsp3) is 0.615. The van der Waals surface area contributed by atoms with Gasteiger partial charge in [-0.25, -0.2) is 0 Å². The second-order valence-electron chi connectivity index (χ2n) is 8.54. The maximum Gasteiger partial charge on any atom is 0.119 e. The van der Waals surface area contributed by atoms with Crippen molar-refractivity contribution in [2.45, 2.75) is 90.4 Å². The summed E-state index contributed by atoms with van der Waals surface area (Å²) in [5.74, 6) is 2.76. The predicted octanol–water partition coefficient (Wildman–Crippen LogP) is 8.26. The molecule has 2 aromatic rings. The van der Waals surface area contributed by atoms with Gasteiger partial charge in [-0.1, -0.05) is 76.6 Å². The van der Waals surface area contributed by atoms with Crippen LogP contribution in [0.3, 0.4) is 0 Å². The molecular weight excluding hydrogens is 328 g/mol. The van der Waals surface area contributed by atoms with Crippen molar-refractivity contribution in [1.29, 1.82) is 0 Å². The van der Waals surface area contributed by atoms with Gasteiger partial charge in [0, 0.05) is 0 Å². The summed E-state index contributed by atoms with van der Waals surface area (Å²) in [4.78, 5) is 0. The number of rotatable bonds is 10. The van der Waals surface area contributed by atoms with E-state index < -0.39 is 0 Å². The monoisotopic (exact) mass is 366 g/mol. The number of fused-ring (bicyclic) bond motifs is 1. The van der Waals surface area contributed by atoms with Gasteiger partial charge in [0.1, 0.15) is 5.75 Å². The van der Waals surface area contributed by atoms with E-state index in [9.17, 15) is 0 Å². The highest BCUT2D eigenvalue weighted by Gasteiger charge is 2.21. The molecule has 0 atom stereocenters. The summed E-state index contributed by atoms with van der Waals surface area (Å²) in [6.45, 7) is 5.42. The maximum atomic E-state index is 5.98. The molecule has 3 rings (SSSR count). The van der Waals surface area contributed by atoms with Crippen LogP contribution in [0.25, 0.3) is 10.8 Å². The van der Waals surface area contributed by atoms with Crippen molar-refractivity contribution < 1.29 is 4.74 Å². The van der Waals surface area contributed by atoms with E-state index in [0.717, 1.165) is 30.6 Å². The third kappa shape index (κ3) is 5.99. The summed E-state index contributed by atoms with van der Waals surface area (Å²) in [5, 5.41) is 2.67. The molecule has 0 spiro atoms. The van der Waals surface area contributed by atoms with Crippen LogP contribution in [0.15, 0.2) is 36.4 Å². The van der Waals surface area contributed by atoms with Crippen LogP contribution in [0.1, 0.15) is 96.0 Å². The molecule has 0 N–H and O–H groups in total. The minimum atomic E-state index is 0.765. The van der Waals surface area contributed by atoms with E-state index in [0.29, 0.717) is 0 Å². The zero-order valence-electron chi connectivity index (χ0n) is 17.5. The highest BCUT2D eigenvalue weighted by Crippen LogP contribution is 2.38. The largest absolute Gasteiger partial charge is 0.494 e. The fourth-order valence-electron chi connectivity index (χ4n) is 4.67. The van der Waals surface area contributed by atoms with E-state index in [-0.39, 0.29) is 0 Å². The van der Waals surface area contributed by atoms with E-state index in [2.05, 4.69) is 50.2 Å². The summed E-state index contributed by atoms with van der Waals surface area (Å²) in [6, 6.07) is 13.7. The van der Waals surface area contributed by atoms with Gasteiger partial charge in [0.25, 0.3) is 0 Å². The lowest BCUT2D eigenvalue weighted by Crippen LogP contribution is -2.13. The second-order valence-corrected chi connectivity index (χ2v) is 8.54. The molecule has 1 saturated carbocycles. The zero-order chi connectivity index (χ0) is 18.9. The molecule has 0 radical (unpaired) electrons. The number of benzene rings is 2. The highest BCUT2D eigenvalue weighted by molar-refractivity contribution is 5.84. The molecule has 2 aromatic carbocycles. The Bertz CT molecular complexity index is 682. The standard InChI is InChI=1S/C26H38O/c1-3-5-6-7-8-18-27-26-17-16-24-19-23(14-15-25(24)20-26)22-12-10-21(9-4-2)11-13-22/h14-17,19-22H,3-13,18H2,1-2H3. The molecule has 0 amide bonds. The van der Waals surface area contributed by atoms with Crippen molar-refractivity contribution in [2.24, 2.45) is 5.92 Å². The molecule has 1 heteroatoms. The molecule has 1 aliphatic carbocycles. The number of ether oxygens (including phenoxy) is 1. The molecule has 148 valence electrons. The first-order valence-corrected chi connectivity index (χ1v) is 11.5. The molecule has 1 nitrogen and oxygen atoms in total. The van der Waals surface area contributed by atoms with E-state index in [1.165, 1.54) is 75.0 Å². The van der Waals surface area contributed by atoms with Gasteiger partial charge in [-0.05, 0) is 72.4 Å². The summed E-state index contributed by atoms with van der Waals surface area (Å²) in [6.07, 6.45) is 14.8. The molecule has 1 aliphatic rings. The van der Waals surface area contributed by atoms with Crippen LogP contribution in [-0.2, 0) is 0 Å². The average Bonchev–Trinajstić information content (AvgIpc) is 2.71. The Hall–Kier alpha value is -1.50. The van der Waals surface area contributed by atoms with Crippen LogP contribution in [-0.4, -0.2) is 6.61 Å². The molecule has 0 aliphatic heterocycles. The van der Waals surface area contributed by atoms with Crippen molar-refractivity contribution in [2.75, 3.05) is 6.61 Å². The lowest BCUT2D eigenvalue weighted by atomic mass is 9.77. The zero-order valence-corrected chi connectivity index (χ0v) is 17.5. The second kappa shape index (κ2) is 10.7. The van der Waals surface area contributed by atoms with Crippen LogP contribution in [0.2, 0.25) is 0 Å². The summed E-state index contributed by atoms with van der Waals surface area (Å²) < 4.78 is 5.98. The Labute approximate surface area is 166 Å². The van der Waals surface area contributed by atoms with Crippen LogP contribution in [0.5, 0.6) is 5.75 Å². The predicted molar refractivity (Wildman–Crippen MR) is 118 cm³/mol. The first kappa shape index (κ1) is 20.2. The van der Waals surface area contributed by atoms with Crippen molar-refractivity contribution in [3.63, 3.8) is 0 Å². The summed E-state index contributed by atoms with van der Waals surface area (Å²) in [5.41, 5.74) is 1.54. The van der Waals surface area contributed by atoms with Gasteiger partial charge in [-0.2, -0.15) is 0 Å². The van der Waals surface area contributed by atoms with Gasteiger partial charge >= 0.3 is 0 Å². The first-order valence-electron chi connectivity index (χ1n) is 11.5.